The van der Waals surface area contributed by atoms with E-state index in [0.717, 1.165) is 35.0 Å². The average Bonchev–Trinajstić information content (AvgIpc) is 2.55. The zero-order valence-corrected chi connectivity index (χ0v) is 13.3. The molecule has 1 heterocycles. The first-order valence-electron chi connectivity index (χ1n) is 7.67. The maximum absolute atomic E-state index is 11.9. The number of nitrogens with zero attached hydrogens (tertiary/aromatic N) is 2. The molecule has 1 aromatic carbocycles. The maximum Gasteiger partial charge on any atom is 0.330 e. The highest BCUT2D eigenvalue weighted by atomic mass is 16.5. The number of hydrogen-bond acceptors (Lipinski definition) is 4. The predicted octanol–water partition coefficient (Wildman–Crippen LogP) is 1.03. The molecule has 0 unspecified atom stereocenters. The summed E-state index contributed by atoms with van der Waals surface area (Å²) in [5.74, 6) is 0.703. The van der Waals surface area contributed by atoms with E-state index in [1.165, 1.54) is 17.7 Å². The van der Waals surface area contributed by atoms with Crippen molar-refractivity contribution in [2.45, 2.75) is 32.0 Å². The van der Waals surface area contributed by atoms with Crippen LogP contribution in [0, 0.1) is 0 Å². The molecule has 1 aliphatic rings. The van der Waals surface area contributed by atoms with E-state index in [4.69, 9.17) is 4.74 Å². The number of aliphatic hydroxyl groups is 1. The van der Waals surface area contributed by atoms with Gasteiger partial charge in [0.25, 0.3) is 5.56 Å². The summed E-state index contributed by atoms with van der Waals surface area (Å²) in [6, 6.07) is 7.04. The van der Waals surface area contributed by atoms with Gasteiger partial charge in [-0.25, -0.2) is 4.79 Å². The van der Waals surface area contributed by atoms with E-state index >= 15 is 0 Å². The van der Waals surface area contributed by atoms with Gasteiger partial charge in [-0.3, -0.25) is 13.9 Å². The molecule has 0 bridgehead atoms. The minimum atomic E-state index is -0.448. The number of rotatable bonds is 3. The largest absolute Gasteiger partial charge is 0.487 e. The fourth-order valence-corrected chi connectivity index (χ4v) is 2.99. The van der Waals surface area contributed by atoms with Crippen molar-refractivity contribution in [2.75, 3.05) is 0 Å². The smallest absolute Gasteiger partial charge is 0.330 e. The molecule has 6 nitrogen and oxygen atoms in total. The molecule has 23 heavy (non-hydrogen) atoms. The molecule has 1 aromatic heterocycles. The van der Waals surface area contributed by atoms with E-state index in [1.54, 1.807) is 7.05 Å². The monoisotopic (exact) mass is 316 g/mol. The molecule has 6 heteroatoms. The van der Waals surface area contributed by atoms with Gasteiger partial charge in [0.2, 0.25) is 0 Å². The summed E-state index contributed by atoms with van der Waals surface area (Å²) in [5.41, 5.74) is 1.72. The SMILES string of the molecule is Cn1c(COc2cccc3c2CCC[C@H]3O)cc(=O)n(C)c1=O. The maximum atomic E-state index is 11.9. The third-order valence-electron chi connectivity index (χ3n) is 4.43. The Morgan fingerprint density at radius 2 is 2.04 bits per heavy atom. The third-order valence-corrected chi connectivity index (χ3v) is 4.43. The van der Waals surface area contributed by atoms with Crippen molar-refractivity contribution in [1.29, 1.82) is 0 Å². The molecule has 0 saturated carbocycles. The molecule has 0 fully saturated rings. The van der Waals surface area contributed by atoms with Gasteiger partial charge in [-0.05, 0) is 36.5 Å². The van der Waals surface area contributed by atoms with Crippen molar-refractivity contribution in [3.8, 4) is 5.75 Å². The van der Waals surface area contributed by atoms with Crippen LogP contribution in [-0.4, -0.2) is 14.2 Å². The Labute approximate surface area is 133 Å². The van der Waals surface area contributed by atoms with E-state index in [0.29, 0.717) is 11.4 Å². The summed E-state index contributed by atoms with van der Waals surface area (Å²) < 4.78 is 8.32. The molecule has 2 aromatic rings. The topological polar surface area (TPSA) is 73.5 Å². The van der Waals surface area contributed by atoms with Crippen molar-refractivity contribution in [1.82, 2.24) is 9.13 Å². The van der Waals surface area contributed by atoms with Crippen molar-refractivity contribution >= 4 is 0 Å². The Kier molecular flexibility index (Phi) is 4.09. The molecule has 0 saturated heterocycles. The van der Waals surface area contributed by atoms with E-state index in [-0.39, 0.29) is 17.9 Å². The molecule has 0 spiro atoms. The normalized spacial score (nSPS) is 16.9. The van der Waals surface area contributed by atoms with Gasteiger partial charge < -0.3 is 9.84 Å². The van der Waals surface area contributed by atoms with Crippen LogP contribution in [0.2, 0.25) is 0 Å². The van der Waals surface area contributed by atoms with Gasteiger partial charge in [-0.1, -0.05) is 12.1 Å². The highest BCUT2D eigenvalue weighted by molar-refractivity contribution is 5.42. The first kappa shape index (κ1) is 15.6. The Hall–Kier alpha value is -2.34. The van der Waals surface area contributed by atoms with Crippen molar-refractivity contribution in [2.24, 2.45) is 14.1 Å². The minimum Gasteiger partial charge on any atom is -0.487 e. The molecule has 1 aliphatic carbocycles. The summed E-state index contributed by atoms with van der Waals surface area (Å²) in [6.45, 7) is 0.133. The van der Waals surface area contributed by atoms with Crippen LogP contribution >= 0.6 is 0 Å². The van der Waals surface area contributed by atoms with Crippen LogP contribution in [0.25, 0.3) is 0 Å². The number of ether oxygens (including phenoxy) is 1. The van der Waals surface area contributed by atoms with Crippen LogP contribution in [0.15, 0.2) is 33.9 Å². The summed E-state index contributed by atoms with van der Waals surface area (Å²) in [7, 11) is 3.06. The van der Waals surface area contributed by atoms with Gasteiger partial charge >= 0.3 is 5.69 Å². The lowest BCUT2D eigenvalue weighted by atomic mass is 9.89. The summed E-state index contributed by atoms with van der Waals surface area (Å²) >= 11 is 0. The zero-order chi connectivity index (χ0) is 16.6. The molecule has 0 amide bonds. The van der Waals surface area contributed by atoms with Crippen LogP contribution in [0.5, 0.6) is 5.75 Å². The molecule has 1 N–H and O–H groups in total. The molecule has 1 atom stereocenters. The lowest BCUT2D eigenvalue weighted by molar-refractivity contribution is 0.155. The second kappa shape index (κ2) is 6.04. The van der Waals surface area contributed by atoms with E-state index in [1.807, 2.05) is 18.2 Å². The van der Waals surface area contributed by atoms with Gasteiger partial charge in [0.15, 0.2) is 0 Å². The van der Waals surface area contributed by atoms with Crippen LogP contribution in [0.3, 0.4) is 0 Å². The Morgan fingerprint density at radius 3 is 2.83 bits per heavy atom. The highest BCUT2D eigenvalue weighted by Crippen LogP contribution is 2.35. The first-order chi connectivity index (χ1) is 11.0. The second-order valence-corrected chi connectivity index (χ2v) is 5.90. The average molecular weight is 316 g/mol. The van der Waals surface area contributed by atoms with Gasteiger partial charge in [-0.2, -0.15) is 0 Å². The number of fused-ring (bicyclic) bond motifs is 1. The van der Waals surface area contributed by atoms with E-state index < -0.39 is 6.10 Å². The molecule has 0 radical (unpaired) electrons. The zero-order valence-electron chi connectivity index (χ0n) is 13.3. The third kappa shape index (κ3) is 2.82. The molecule has 3 rings (SSSR count). The Balaban J connectivity index is 1.89. The van der Waals surface area contributed by atoms with Gasteiger partial charge in [0, 0.05) is 20.2 Å². The van der Waals surface area contributed by atoms with Crippen LogP contribution in [-0.2, 0) is 27.1 Å². The summed E-state index contributed by atoms with van der Waals surface area (Å²) in [6.07, 6.45) is 2.09. The predicted molar refractivity (Wildman–Crippen MR) is 85.6 cm³/mol. The fraction of sp³-hybridized carbons (Fsp3) is 0.412. The summed E-state index contributed by atoms with van der Waals surface area (Å²) in [4.78, 5) is 23.7. The summed E-state index contributed by atoms with van der Waals surface area (Å²) in [5, 5.41) is 10.1. The van der Waals surface area contributed by atoms with Crippen LogP contribution in [0.1, 0.15) is 35.8 Å². The Bertz CT molecular complexity index is 851. The van der Waals surface area contributed by atoms with Gasteiger partial charge in [-0.15, -0.1) is 0 Å². The lowest BCUT2D eigenvalue weighted by Gasteiger charge is -2.23. The fourth-order valence-electron chi connectivity index (χ4n) is 2.99. The van der Waals surface area contributed by atoms with Crippen LogP contribution in [0.4, 0.5) is 0 Å². The standard InChI is InChI=1S/C17H20N2O4/c1-18-11(9-16(21)19(2)17(18)22)10-23-15-8-4-5-12-13(15)6-3-7-14(12)20/h4-5,8-9,14,20H,3,6-7,10H2,1-2H3/t14-/m1/s1. The molecular formula is C17H20N2O4. The number of aromatic nitrogens is 2. The van der Waals surface area contributed by atoms with Crippen molar-refractivity contribution < 1.29 is 9.84 Å². The second-order valence-electron chi connectivity index (χ2n) is 5.90. The molecule has 122 valence electrons. The highest BCUT2D eigenvalue weighted by Gasteiger charge is 2.21. The molecule has 0 aliphatic heterocycles. The number of benzene rings is 1. The van der Waals surface area contributed by atoms with Crippen molar-refractivity contribution in [3.63, 3.8) is 0 Å². The van der Waals surface area contributed by atoms with Crippen LogP contribution < -0.4 is 16.0 Å². The number of hydrogen-bond donors (Lipinski definition) is 1. The number of aliphatic hydroxyl groups excluding tert-OH is 1. The quantitative estimate of drug-likeness (QED) is 0.918. The minimum absolute atomic E-state index is 0.133. The van der Waals surface area contributed by atoms with Gasteiger partial charge in [0.1, 0.15) is 12.4 Å². The molecular weight excluding hydrogens is 296 g/mol. The Morgan fingerprint density at radius 1 is 1.26 bits per heavy atom. The lowest BCUT2D eigenvalue weighted by Crippen LogP contribution is -2.38. The van der Waals surface area contributed by atoms with E-state index in [9.17, 15) is 14.7 Å². The van der Waals surface area contributed by atoms with Gasteiger partial charge in [0.05, 0.1) is 11.8 Å². The first-order valence-corrected chi connectivity index (χ1v) is 7.67. The van der Waals surface area contributed by atoms with Crippen molar-refractivity contribution in [3.05, 3.63) is 61.9 Å². The van der Waals surface area contributed by atoms with E-state index in [2.05, 4.69) is 0 Å².